The molecule has 0 radical (unpaired) electrons. The maximum Gasteiger partial charge on any atom is 0.251 e. The number of carbonyl (C=O) groups is 3. The summed E-state index contributed by atoms with van der Waals surface area (Å²) in [4.78, 5) is 50.6. The van der Waals surface area contributed by atoms with Crippen LogP contribution in [0.1, 0.15) is 102 Å². The summed E-state index contributed by atoms with van der Waals surface area (Å²) < 4.78 is 20.0. The third kappa shape index (κ3) is 6.40. The Morgan fingerprint density at radius 1 is 0.909 bits per heavy atom. The second-order valence-corrected chi connectivity index (χ2v) is 15.4. The Kier molecular flexibility index (Phi) is 8.56. The van der Waals surface area contributed by atoms with Gasteiger partial charge < -0.3 is 20.7 Å². The van der Waals surface area contributed by atoms with E-state index in [2.05, 4.69) is 36.7 Å². The molecule has 4 bridgehead atoms. The molecule has 1 aromatic rings. The molecule has 5 saturated carbocycles. The third-order valence-corrected chi connectivity index (χ3v) is 10.7. The second kappa shape index (κ2) is 12.0. The highest BCUT2D eigenvalue weighted by atomic mass is 19.1. The van der Waals surface area contributed by atoms with Gasteiger partial charge in [-0.25, -0.2) is 4.39 Å². The van der Waals surface area contributed by atoms with Crippen LogP contribution in [-0.2, 0) is 24.1 Å². The van der Waals surface area contributed by atoms with Crippen LogP contribution in [0.2, 0.25) is 0 Å². The van der Waals surface area contributed by atoms with Gasteiger partial charge in [-0.05, 0) is 92.9 Å². The Bertz CT molecular complexity index is 1220. The number of hydrogen-bond donors (Lipinski definition) is 3. The van der Waals surface area contributed by atoms with Crippen LogP contribution in [0.3, 0.4) is 0 Å². The first-order chi connectivity index (χ1) is 20.9. The third-order valence-electron chi connectivity index (χ3n) is 10.7. The number of benzene rings is 1. The summed E-state index contributed by atoms with van der Waals surface area (Å²) in [5.41, 5.74) is 0.0554. The van der Waals surface area contributed by atoms with Crippen molar-refractivity contribution >= 4 is 17.7 Å². The van der Waals surface area contributed by atoms with E-state index in [4.69, 9.17) is 14.5 Å². The van der Waals surface area contributed by atoms with E-state index in [1.807, 2.05) is 0 Å². The molecule has 7 rings (SSSR count). The van der Waals surface area contributed by atoms with Crippen molar-refractivity contribution in [2.75, 3.05) is 19.6 Å². The molecule has 1 aromatic carbocycles. The molecule has 1 heterocycles. The summed E-state index contributed by atoms with van der Waals surface area (Å²) in [6.07, 6.45) is 8.58. The van der Waals surface area contributed by atoms with Crippen molar-refractivity contribution in [3.63, 3.8) is 0 Å². The minimum absolute atomic E-state index is 0.0631. The fourth-order valence-electron chi connectivity index (χ4n) is 8.56. The Morgan fingerprint density at radius 3 is 2.23 bits per heavy atom. The molecule has 5 aliphatic carbocycles. The predicted octanol–water partition coefficient (Wildman–Crippen LogP) is 5.00. The molecular formula is C34H48FN3O6. The summed E-state index contributed by atoms with van der Waals surface area (Å²) in [5.74, 6) is -0.981. The van der Waals surface area contributed by atoms with E-state index in [0.29, 0.717) is 62.7 Å². The first-order valence-electron chi connectivity index (χ1n) is 16.6. The zero-order chi connectivity index (χ0) is 31.2. The molecule has 44 heavy (non-hydrogen) atoms. The van der Waals surface area contributed by atoms with Crippen molar-refractivity contribution in [2.45, 2.75) is 103 Å². The molecule has 10 heteroatoms. The quantitative estimate of drug-likeness (QED) is 0.267. The van der Waals surface area contributed by atoms with Gasteiger partial charge >= 0.3 is 0 Å². The number of amides is 3. The van der Waals surface area contributed by atoms with Gasteiger partial charge in [-0.15, -0.1) is 0 Å². The van der Waals surface area contributed by atoms with Gasteiger partial charge in [-0.3, -0.25) is 14.4 Å². The number of halogens is 1. The van der Waals surface area contributed by atoms with E-state index < -0.39 is 17.0 Å². The molecule has 3 amide bonds. The van der Waals surface area contributed by atoms with Crippen molar-refractivity contribution in [1.82, 2.24) is 16.0 Å². The van der Waals surface area contributed by atoms with Crippen LogP contribution in [-0.4, -0.2) is 48.9 Å². The van der Waals surface area contributed by atoms with Crippen LogP contribution in [0.15, 0.2) is 24.3 Å². The molecule has 0 aromatic heterocycles. The number of hydrogen-bond acceptors (Lipinski definition) is 6. The molecule has 9 nitrogen and oxygen atoms in total. The van der Waals surface area contributed by atoms with Gasteiger partial charge in [0.2, 0.25) is 23.4 Å². The number of nitrogens with one attached hydrogen (secondary N) is 3. The molecule has 3 N–H and O–H groups in total. The molecule has 2 atom stereocenters. The van der Waals surface area contributed by atoms with Crippen molar-refractivity contribution in [2.24, 2.45) is 34.5 Å². The smallest absolute Gasteiger partial charge is 0.251 e. The normalized spacial score (nSPS) is 35.6. The van der Waals surface area contributed by atoms with Gasteiger partial charge in [-0.1, -0.05) is 20.8 Å². The molecule has 1 saturated heterocycles. The van der Waals surface area contributed by atoms with Gasteiger partial charge in [0, 0.05) is 56.3 Å². The highest BCUT2D eigenvalue weighted by Gasteiger charge is 2.71. The summed E-state index contributed by atoms with van der Waals surface area (Å²) in [6.45, 7) is 7.91. The average Bonchev–Trinajstić information content (AvgIpc) is 3.35. The van der Waals surface area contributed by atoms with Crippen LogP contribution >= 0.6 is 0 Å². The van der Waals surface area contributed by atoms with Crippen LogP contribution < -0.4 is 16.0 Å². The highest BCUT2D eigenvalue weighted by Crippen LogP contribution is 2.67. The predicted molar refractivity (Wildman–Crippen MR) is 160 cm³/mol. The first-order valence-corrected chi connectivity index (χ1v) is 16.6. The number of carbonyl (C=O) groups excluding carboxylic acids is 3. The van der Waals surface area contributed by atoms with E-state index >= 15 is 0 Å². The summed E-state index contributed by atoms with van der Waals surface area (Å²) >= 11 is 0. The number of ether oxygens (including phenoxy) is 1. The molecule has 2 unspecified atom stereocenters. The second-order valence-electron chi connectivity index (χ2n) is 15.4. The molecule has 1 aliphatic heterocycles. The van der Waals surface area contributed by atoms with E-state index in [1.54, 1.807) is 0 Å². The van der Waals surface area contributed by atoms with E-state index in [-0.39, 0.29) is 40.8 Å². The standard InChI is InChI=1S/C34H48FN3O6/c1-31(2,3)21-38-28(39)17-22-9-11-33(12-10-22)42-34(44-43-33)25-15-23-16-26(34)20-32(18-23,19-25)30(41)37-14-4-13-36-29(40)24-5-7-27(35)8-6-24/h5-8,22-23,25-26H,4,9-21H2,1-3H3,(H,36,40)(H,37,41)(H,38,39). The molecule has 2 spiro atoms. The molecule has 242 valence electrons. The summed E-state index contributed by atoms with van der Waals surface area (Å²) in [5, 5.41) is 9.05. The lowest BCUT2D eigenvalue weighted by atomic mass is 9.47. The Balaban J connectivity index is 0.978. The lowest BCUT2D eigenvalue weighted by Crippen LogP contribution is -2.65. The lowest BCUT2D eigenvalue weighted by Gasteiger charge is -2.61. The Labute approximate surface area is 259 Å². The Morgan fingerprint density at radius 2 is 1.57 bits per heavy atom. The van der Waals surface area contributed by atoms with Crippen molar-refractivity contribution in [1.29, 1.82) is 0 Å². The van der Waals surface area contributed by atoms with Crippen molar-refractivity contribution in [3.8, 4) is 0 Å². The van der Waals surface area contributed by atoms with E-state index in [0.717, 1.165) is 44.9 Å². The van der Waals surface area contributed by atoms with Crippen LogP contribution in [0.4, 0.5) is 4.39 Å². The minimum atomic E-state index is -0.789. The lowest BCUT2D eigenvalue weighted by molar-refractivity contribution is -0.393. The highest BCUT2D eigenvalue weighted by molar-refractivity contribution is 5.94. The molecule has 6 aliphatic rings. The van der Waals surface area contributed by atoms with E-state index in [1.165, 1.54) is 24.3 Å². The topological polar surface area (TPSA) is 115 Å². The van der Waals surface area contributed by atoms with Gasteiger partial charge in [0.05, 0.1) is 5.41 Å². The monoisotopic (exact) mass is 613 g/mol. The number of rotatable bonds is 9. The van der Waals surface area contributed by atoms with Crippen molar-refractivity contribution in [3.05, 3.63) is 35.6 Å². The zero-order valence-corrected chi connectivity index (χ0v) is 26.3. The average molecular weight is 614 g/mol. The summed E-state index contributed by atoms with van der Waals surface area (Å²) in [6, 6.07) is 5.44. The maximum absolute atomic E-state index is 13.6. The van der Waals surface area contributed by atoms with Crippen LogP contribution in [0, 0.1) is 40.3 Å². The van der Waals surface area contributed by atoms with Gasteiger partial charge in [0.15, 0.2) is 0 Å². The fourth-order valence-corrected chi connectivity index (χ4v) is 8.56. The van der Waals surface area contributed by atoms with Crippen molar-refractivity contribution < 1.29 is 33.3 Å². The maximum atomic E-state index is 13.6. The van der Waals surface area contributed by atoms with Crippen LogP contribution in [0.5, 0.6) is 0 Å². The van der Waals surface area contributed by atoms with Crippen LogP contribution in [0.25, 0.3) is 0 Å². The largest absolute Gasteiger partial charge is 0.356 e. The van der Waals surface area contributed by atoms with Gasteiger partial charge in [0.25, 0.3) is 5.91 Å². The van der Waals surface area contributed by atoms with E-state index in [9.17, 15) is 18.8 Å². The SMILES string of the molecule is CC(C)(C)CNC(=O)CC1CCC2(CC1)OOC1(O2)C2CC3CC1CC(C(=O)NCCCNC(=O)c1ccc(F)cc1)(C3)C2. The van der Waals surface area contributed by atoms with Gasteiger partial charge in [0.1, 0.15) is 5.82 Å². The Hall–Kier alpha value is -2.56. The summed E-state index contributed by atoms with van der Waals surface area (Å²) in [7, 11) is 0. The molecular weight excluding hydrogens is 565 g/mol. The minimum Gasteiger partial charge on any atom is -0.356 e. The fraction of sp³-hybridized carbons (Fsp3) is 0.735. The van der Waals surface area contributed by atoms with Gasteiger partial charge in [-0.2, -0.15) is 9.78 Å². The molecule has 6 fully saturated rings. The first kappa shape index (κ1) is 31.4. The zero-order valence-electron chi connectivity index (χ0n) is 26.3.